The van der Waals surface area contributed by atoms with E-state index >= 15 is 0 Å². The highest BCUT2D eigenvalue weighted by Crippen LogP contribution is 2.29. The van der Waals surface area contributed by atoms with E-state index in [-0.39, 0.29) is 0 Å². The molecule has 2 aliphatic rings. The molecule has 1 saturated heterocycles. The fourth-order valence-corrected chi connectivity index (χ4v) is 3.67. The second-order valence-electron chi connectivity index (χ2n) is 7.46. The Bertz CT molecular complexity index is 593. The van der Waals surface area contributed by atoms with Gasteiger partial charge in [0.15, 0.2) is 5.96 Å². The molecule has 1 aliphatic carbocycles. The molecule has 0 spiro atoms. The van der Waals surface area contributed by atoms with E-state index in [0.29, 0.717) is 18.3 Å². The second kappa shape index (κ2) is 8.09. The number of phenols is 1. The Balaban J connectivity index is 1.57. The van der Waals surface area contributed by atoms with Crippen molar-refractivity contribution in [3.05, 3.63) is 28.8 Å². The third-order valence-electron chi connectivity index (χ3n) is 5.25. The molecule has 3 N–H and O–H groups in total. The van der Waals surface area contributed by atoms with Crippen LogP contribution in [0.25, 0.3) is 0 Å². The summed E-state index contributed by atoms with van der Waals surface area (Å²) in [7, 11) is 0. The summed E-state index contributed by atoms with van der Waals surface area (Å²) in [6.45, 7) is 9.87. The predicted molar refractivity (Wildman–Crippen MR) is 103 cm³/mol. The summed E-state index contributed by atoms with van der Waals surface area (Å²) < 4.78 is 0. The molecule has 0 aromatic heterocycles. The van der Waals surface area contributed by atoms with Gasteiger partial charge in [-0.1, -0.05) is 12.1 Å². The number of nitrogens with one attached hydrogen (secondary N) is 2. The maximum Gasteiger partial charge on any atom is 0.191 e. The molecule has 2 fully saturated rings. The fourth-order valence-electron chi connectivity index (χ4n) is 3.67. The number of nitrogens with zero attached hydrogens (tertiary/aromatic N) is 2. The number of guanidine groups is 1. The predicted octanol–water partition coefficient (Wildman–Crippen LogP) is 2.69. The number of rotatable bonds is 5. The molecule has 0 amide bonds. The van der Waals surface area contributed by atoms with Crippen molar-refractivity contribution in [3.63, 3.8) is 0 Å². The topological polar surface area (TPSA) is 59.9 Å². The monoisotopic (exact) mass is 344 g/mol. The van der Waals surface area contributed by atoms with Crippen LogP contribution >= 0.6 is 0 Å². The van der Waals surface area contributed by atoms with Crippen molar-refractivity contribution >= 4 is 5.96 Å². The average molecular weight is 345 g/mol. The third kappa shape index (κ3) is 4.88. The van der Waals surface area contributed by atoms with Crippen LogP contribution in [0.1, 0.15) is 49.3 Å². The van der Waals surface area contributed by atoms with Gasteiger partial charge in [-0.25, -0.2) is 4.99 Å². The van der Waals surface area contributed by atoms with Gasteiger partial charge < -0.3 is 20.6 Å². The highest BCUT2D eigenvalue weighted by molar-refractivity contribution is 5.80. The molecule has 1 saturated carbocycles. The van der Waals surface area contributed by atoms with Crippen molar-refractivity contribution in [2.24, 2.45) is 4.99 Å². The zero-order valence-electron chi connectivity index (χ0n) is 15.8. The van der Waals surface area contributed by atoms with E-state index < -0.39 is 0 Å². The zero-order valence-corrected chi connectivity index (χ0v) is 15.8. The maximum absolute atomic E-state index is 9.91. The van der Waals surface area contributed by atoms with Crippen molar-refractivity contribution in [1.82, 2.24) is 15.5 Å². The molecule has 3 rings (SSSR count). The Hall–Kier alpha value is -1.75. The van der Waals surface area contributed by atoms with Crippen LogP contribution in [-0.2, 0) is 6.54 Å². The van der Waals surface area contributed by atoms with E-state index in [1.165, 1.54) is 38.8 Å². The molecule has 1 aliphatic heterocycles. The molecule has 0 radical (unpaired) electrons. The number of hydrogen-bond donors (Lipinski definition) is 3. The summed E-state index contributed by atoms with van der Waals surface area (Å²) in [5.41, 5.74) is 2.96. The van der Waals surface area contributed by atoms with Crippen molar-refractivity contribution in [2.75, 3.05) is 19.6 Å². The van der Waals surface area contributed by atoms with Crippen LogP contribution in [0.5, 0.6) is 5.75 Å². The molecule has 1 heterocycles. The Kier molecular flexibility index (Phi) is 5.84. The van der Waals surface area contributed by atoms with Crippen molar-refractivity contribution in [2.45, 2.75) is 65.1 Å². The van der Waals surface area contributed by atoms with Crippen LogP contribution < -0.4 is 10.6 Å². The van der Waals surface area contributed by atoms with E-state index in [0.717, 1.165) is 35.2 Å². The first-order chi connectivity index (χ1) is 12.1. The standard InChI is InChI=1S/C20H32N4O/c1-4-21-20(22-13-16-11-14(2)19(25)15(3)12-16)23-17-7-9-24(10-8-17)18-5-6-18/h11-12,17-18,25H,4-10,13H2,1-3H3,(H2,21,22,23). The molecule has 138 valence electrons. The summed E-state index contributed by atoms with van der Waals surface area (Å²) in [6, 6.07) is 5.42. The summed E-state index contributed by atoms with van der Waals surface area (Å²) >= 11 is 0. The Morgan fingerprint density at radius 3 is 2.36 bits per heavy atom. The summed E-state index contributed by atoms with van der Waals surface area (Å²) in [5, 5.41) is 16.9. The molecule has 5 heteroatoms. The Morgan fingerprint density at radius 2 is 1.80 bits per heavy atom. The van der Waals surface area contributed by atoms with E-state index in [9.17, 15) is 5.11 Å². The minimum atomic E-state index is 0.389. The van der Waals surface area contributed by atoms with Crippen molar-refractivity contribution in [1.29, 1.82) is 0 Å². The van der Waals surface area contributed by atoms with Gasteiger partial charge in [-0.15, -0.1) is 0 Å². The molecule has 5 nitrogen and oxygen atoms in total. The van der Waals surface area contributed by atoms with Gasteiger partial charge >= 0.3 is 0 Å². The van der Waals surface area contributed by atoms with Gasteiger partial charge in [-0.2, -0.15) is 0 Å². The SMILES string of the molecule is CCNC(=NCc1cc(C)c(O)c(C)c1)NC1CCN(C2CC2)CC1. The van der Waals surface area contributed by atoms with Gasteiger partial charge in [-0.05, 0) is 63.1 Å². The number of aryl methyl sites for hydroxylation is 2. The van der Waals surface area contributed by atoms with Gasteiger partial charge in [0, 0.05) is 31.7 Å². The number of aromatic hydroxyl groups is 1. The second-order valence-corrected chi connectivity index (χ2v) is 7.46. The number of phenolic OH excluding ortho intramolecular Hbond substituents is 1. The number of hydrogen-bond acceptors (Lipinski definition) is 3. The van der Waals surface area contributed by atoms with Crippen LogP contribution in [0.15, 0.2) is 17.1 Å². The van der Waals surface area contributed by atoms with Gasteiger partial charge in [0.1, 0.15) is 5.75 Å². The van der Waals surface area contributed by atoms with Gasteiger partial charge in [-0.3, -0.25) is 0 Å². The highest BCUT2D eigenvalue weighted by Gasteiger charge is 2.31. The molecule has 25 heavy (non-hydrogen) atoms. The lowest BCUT2D eigenvalue weighted by molar-refractivity contribution is 0.197. The number of aliphatic imine (C=N–C) groups is 1. The smallest absolute Gasteiger partial charge is 0.191 e. The van der Waals surface area contributed by atoms with Gasteiger partial charge in [0.05, 0.1) is 6.54 Å². The number of piperidine rings is 1. The summed E-state index contributed by atoms with van der Waals surface area (Å²) in [6.07, 6.45) is 5.18. The number of benzene rings is 1. The fraction of sp³-hybridized carbons (Fsp3) is 0.650. The van der Waals surface area contributed by atoms with Crippen LogP contribution in [-0.4, -0.2) is 47.7 Å². The lowest BCUT2D eigenvalue weighted by atomic mass is 10.1. The first-order valence-electron chi connectivity index (χ1n) is 9.64. The largest absolute Gasteiger partial charge is 0.507 e. The van der Waals surface area contributed by atoms with Crippen LogP contribution in [0.4, 0.5) is 0 Å². The minimum absolute atomic E-state index is 0.389. The lowest BCUT2D eigenvalue weighted by Crippen LogP contribution is -2.49. The molecule has 1 aromatic carbocycles. The molecule has 0 unspecified atom stereocenters. The first-order valence-corrected chi connectivity index (χ1v) is 9.64. The van der Waals surface area contributed by atoms with Gasteiger partial charge in [0.25, 0.3) is 0 Å². The van der Waals surface area contributed by atoms with Crippen molar-refractivity contribution in [3.8, 4) is 5.75 Å². The number of likely N-dealkylation sites (tertiary alicyclic amines) is 1. The molecule has 1 aromatic rings. The Morgan fingerprint density at radius 1 is 1.16 bits per heavy atom. The molecular formula is C20H32N4O. The molecule has 0 bridgehead atoms. The zero-order chi connectivity index (χ0) is 17.8. The normalized spacial score (nSPS) is 19.9. The van der Waals surface area contributed by atoms with Crippen LogP contribution in [0.3, 0.4) is 0 Å². The van der Waals surface area contributed by atoms with Crippen LogP contribution in [0, 0.1) is 13.8 Å². The van der Waals surface area contributed by atoms with E-state index in [1.54, 1.807) is 0 Å². The Labute approximate surface area is 151 Å². The minimum Gasteiger partial charge on any atom is -0.507 e. The van der Waals surface area contributed by atoms with E-state index in [1.807, 2.05) is 26.0 Å². The van der Waals surface area contributed by atoms with E-state index in [4.69, 9.17) is 4.99 Å². The van der Waals surface area contributed by atoms with Gasteiger partial charge in [0.2, 0.25) is 0 Å². The van der Waals surface area contributed by atoms with E-state index in [2.05, 4.69) is 22.5 Å². The lowest BCUT2D eigenvalue weighted by Gasteiger charge is -2.33. The summed E-state index contributed by atoms with van der Waals surface area (Å²) in [4.78, 5) is 7.40. The van der Waals surface area contributed by atoms with Crippen LogP contribution in [0.2, 0.25) is 0 Å². The third-order valence-corrected chi connectivity index (χ3v) is 5.25. The first kappa shape index (κ1) is 18.1. The van der Waals surface area contributed by atoms with Crippen molar-refractivity contribution < 1.29 is 5.11 Å². The molecule has 0 atom stereocenters. The maximum atomic E-state index is 9.91. The quantitative estimate of drug-likeness (QED) is 0.568. The average Bonchev–Trinajstić information content (AvgIpc) is 3.43. The molecular weight excluding hydrogens is 312 g/mol. The highest BCUT2D eigenvalue weighted by atomic mass is 16.3. The summed E-state index contributed by atoms with van der Waals surface area (Å²) in [5.74, 6) is 1.29.